The van der Waals surface area contributed by atoms with Crippen molar-refractivity contribution in [2.45, 2.75) is 32.8 Å². The highest BCUT2D eigenvalue weighted by Gasteiger charge is 2.26. The van der Waals surface area contributed by atoms with E-state index in [1.807, 2.05) is 39.0 Å². The topological polar surface area (TPSA) is 57.7 Å². The molecule has 2 heterocycles. The van der Waals surface area contributed by atoms with Gasteiger partial charge in [-0.3, -0.25) is 0 Å². The van der Waals surface area contributed by atoms with Crippen LogP contribution < -0.4 is 5.43 Å². The number of nitrogens with zero attached hydrogens (tertiary/aromatic N) is 3. The standard InChI is InChI=1S/C17H26N4O2/c1-5-7-14-8-6-9-18-15(14)19-21-12-10-20(11-13-21)16(22)23-17(2,3)4/h5-6,8-9H,1,7,10-13H2,2-4H3,(H,18,19). The molecule has 1 amide bonds. The highest BCUT2D eigenvalue weighted by Crippen LogP contribution is 2.15. The number of carbonyl (C=O) groups is 1. The molecule has 1 aromatic heterocycles. The molecular weight excluding hydrogens is 292 g/mol. The number of rotatable bonds is 4. The van der Waals surface area contributed by atoms with Gasteiger partial charge in [-0.2, -0.15) is 0 Å². The van der Waals surface area contributed by atoms with Gasteiger partial charge in [0.25, 0.3) is 0 Å². The molecule has 0 spiro atoms. The molecule has 0 bridgehead atoms. The van der Waals surface area contributed by atoms with Crippen LogP contribution >= 0.6 is 0 Å². The molecule has 1 aliphatic heterocycles. The molecular formula is C17H26N4O2. The Morgan fingerprint density at radius 1 is 1.39 bits per heavy atom. The van der Waals surface area contributed by atoms with Crippen molar-refractivity contribution in [2.24, 2.45) is 0 Å². The van der Waals surface area contributed by atoms with Crippen LogP contribution in [0.25, 0.3) is 0 Å². The Morgan fingerprint density at radius 3 is 2.70 bits per heavy atom. The Kier molecular flexibility index (Phi) is 5.60. The van der Waals surface area contributed by atoms with E-state index in [-0.39, 0.29) is 6.09 Å². The summed E-state index contributed by atoms with van der Waals surface area (Å²) in [6.45, 7) is 12.1. The van der Waals surface area contributed by atoms with Gasteiger partial charge in [0.05, 0.1) is 0 Å². The molecule has 1 aromatic rings. The van der Waals surface area contributed by atoms with Crippen molar-refractivity contribution >= 4 is 11.9 Å². The molecule has 6 heteroatoms. The molecule has 0 saturated carbocycles. The van der Waals surface area contributed by atoms with Gasteiger partial charge >= 0.3 is 6.09 Å². The Hall–Kier alpha value is -2.08. The quantitative estimate of drug-likeness (QED) is 0.865. The van der Waals surface area contributed by atoms with Gasteiger partial charge in [-0.05, 0) is 38.8 Å². The molecule has 126 valence electrons. The van der Waals surface area contributed by atoms with Gasteiger partial charge in [-0.25, -0.2) is 14.8 Å². The minimum Gasteiger partial charge on any atom is -0.444 e. The Bertz CT molecular complexity index is 546. The minimum atomic E-state index is -0.458. The highest BCUT2D eigenvalue weighted by atomic mass is 16.6. The fourth-order valence-electron chi connectivity index (χ4n) is 2.34. The number of hydrogen-bond donors (Lipinski definition) is 1. The van der Waals surface area contributed by atoms with Gasteiger partial charge in [-0.1, -0.05) is 12.1 Å². The van der Waals surface area contributed by atoms with Gasteiger partial charge < -0.3 is 15.1 Å². The summed E-state index contributed by atoms with van der Waals surface area (Å²) in [5.74, 6) is 0.845. The van der Waals surface area contributed by atoms with E-state index < -0.39 is 5.60 Å². The van der Waals surface area contributed by atoms with E-state index in [1.165, 1.54) is 0 Å². The van der Waals surface area contributed by atoms with E-state index in [2.05, 4.69) is 22.0 Å². The smallest absolute Gasteiger partial charge is 0.410 e. The Morgan fingerprint density at radius 2 is 2.09 bits per heavy atom. The fourth-order valence-corrected chi connectivity index (χ4v) is 2.34. The zero-order valence-corrected chi connectivity index (χ0v) is 14.2. The lowest BCUT2D eigenvalue weighted by molar-refractivity contribution is 0.0163. The minimum absolute atomic E-state index is 0.248. The maximum Gasteiger partial charge on any atom is 0.410 e. The second-order valence-corrected chi connectivity index (χ2v) is 6.57. The molecule has 0 aliphatic carbocycles. The fraction of sp³-hybridized carbons (Fsp3) is 0.529. The van der Waals surface area contributed by atoms with Crippen molar-refractivity contribution in [3.05, 3.63) is 36.5 Å². The Balaban J connectivity index is 1.88. The molecule has 2 rings (SSSR count). The first-order valence-corrected chi connectivity index (χ1v) is 7.93. The first-order chi connectivity index (χ1) is 10.9. The van der Waals surface area contributed by atoms with Crippen LogP contribution in [0.15, 0.2) is 31.0 Å². The van der Waals surface area contributed by atoms with Crippen LogP contribution in [-0.2, 0) is 11.2 Å². The molecule has 0 aromatic carbocycles. The third-order valence-electron chi connectivity index (χ3n) is 3.45. The van der Waals surface area contributed by atoms with E-state index in [9.17, 15) is 4.79 Å². The number of carbonyl (C=O) groups excluding carboxylic acids is 1. The van der Waals surface area contributed by atoms with Gasteiger partial charge in [-0.15, -0.1) is 6.58 Å². The van der Waals surface area contributed by atoms with E-state index >= 15 is 0 Å². The number of anilines is 1. The second-order valence-electron chi connectivity index (χ2n) is 6.57. The molecule has 0 unspecified atom stereocenters. The summed E-state index contributed by atoms with van der Waals surface area (Å²) >= 11 is 0. The van der Waals surface area contributed by atoms with Crippen molar-refractivity contribution in [1.82, 2.24) is 14.9 Å². The number of hydrogen-bond acceptors (Lipinski definition) is 5. The summed E-state index contributed by atoms with van der Waals surface area (Å²) in [6, 6.07) is 3.96. The number of pyridine rings is 1. The highest BCUT2D eigenvalue weighted by molar-refractivity contribution is 5.68. The lowest BCUT2D eigenvalue weighted by atomic mass is 10.2. The van der Waals surface area contributed by atoms with Crippen LogP contribution in [0, 0.1) is 0 Å². The van der Waals surface area contributed by atoms with E-state index in [4.69, 9.17) is 4.74 Å². The second kappa shape index (κ2) is 7.46. The summed E-state index contributed by atoms with van der Waals surface area (Å²) < 4.78 is 5.41. The summed E-state index contributed by atoms with van der Waals surface area (Å²) in [7, 11) is 0. The third kappa shape index (κ3) is 5.25. The van der Waals surface area contributed by atoms with Gasteiger partial charge in [0.2, 0.25) is 0 Å². The van der Waals surface area contributed by atoms with Crippen LogP contribution in [0.5, 0.6) is 0 Å². The summed E-state index contributed by atoms with van der Waals surface area (Å²) in [5.41, 5.74) is 3.99. The van der Waals surface area contributed by atoms with Gasteiger partial charge in [0.1, 0.15) is 11.4 Å². The van der Waals surface area contributed by atoms with Crippen LogP contribution in [0.4, 0.5) is 10.6 Å². The van der Waals surface area contributed by atoms with Crippen molar-refractivity contribution in [1.29, 1.82) is 0 Å². The van der Waals surface area contributed by atoms with Crippen molar-refractivity contribution in [3.8, 4) is 0 Å². The molecule has 1 saturated heterocycles. The number of hydrazine groups is 1. The maximum atomic E-state index is 12.1. The first-order valence-electron chi connectivity index (χ1n) is 7.93. The number of piperazine rings is 1. The zero-order valence-electron chi connectivity index (χ0n) is 14.2. The number of ether oxygens (including phenoxy) is 1. The largest absolute Gasteiger partial charge is 0.444 e. The first kappa shape index (κ1) is 17.3. The van der Waals surface area contributed by atoms with Crippen molar-refractivity contribution in [3.63, 3.8) is 0 Å². The van der Waals surface area contributed by atoms with Crippen molar-refractivity contribution < 1.29 is 9.53 Å². The lowest BCUT2D eigenvalue weighted by Gasteiger charge is -2.36. The molecule has 1 aliphatic rings. The van der Waals surface area contributed by atoms with E-state index in [1.54, 1.807) is 11.1 Å². The summed E-state index contributed by atoms with van der Waals surface area (Å²) in [5, 5.41) is 2.08. The summed E-state index contributed by atoms with van der Waals surface area (Å²) in [4.78, 5) is 18.2. The third-order valence-corrected chi connectivity index (χ3v) is 3.45. The van der Waals surface area contributed by atoms with Crippen molar-refractivity contribution in [2.75, 3.05) is 31.6 Å². The summed E-state index contributed by atoms with van der Waals surface area (Å²) in [6.07, 6.45) is 4.16. The predicted molar refractivity (Wildman–Crippen MR) is 91.1 cm³/mol. The monoisotopic (exact) mass is 318 g/mol. The average molecular weight is 318 g/mol. The molecule has 1 fully saturated rings. The van der Waals surface area contributed by atoms with E-state index in [0.717, 1.165) is 30.9 Å². The molecule has 0 atom stereocenters. The van der Waals surface area contributed by atoms with Gasteiger partial charge in [0, 0.05) is 32.4 Å². The number of aromatic nitrogens is 1. The van der Waals surface area contributed by atoms with Crippen LogP contribution in [0.2, 0.25) is 0 Å². The van der Waals surface area contributed by atoms with Crippen LogP contribution in [0.3, 0.4) is 0 Å². The van der Waals surface area contributed by atoms with Crippen LogP contribution in [0.1, 0.15) is 26.3 Å². The number of nitrogens with one attached hydrogen (secondary N) is 1. The predicted octanol–water partition coefficient (Wildman–Crippen LogP) is 2.69. The Labute approximate surface area is 138 Å². The molecule has 23 heavy (non-hydrogen) atoms. The molecule has 0 radical (unpaired) electrons. The lowest BCUT2D eigenvalue weighted by Crippen LogP contribution is -2.51. The SMILES string of the molecule is C=CCc1cccnc1NN1CCN(C(=O)OC(C)(C)C)CC1. The molecule has 6 nitrogen and oxygen atoms in total. The number of allylic oxidation sites excluding steroid dienone is 1. The molecule has 1 N–H and O–H groups in total. The van der Waals surface area contributed by atoms with Gasteiger partial charge in [0.15, 0.2) is 0 Å². The number of amides is 1. The van der Waals surface area contributed by atoms with Crippen LogP contribution in [-0.4, -0.2) is 52.8 Å². The maximum absolute atomic E-state index is 12.1. The van der Waals surface area contributed by atoms with E-state index in [0.29, 0.717) is 13.1 Å². The zero-order chi connectivity index (χ0) is 16.9. The normalized spacial score (nSPS) is 16.0. The average Bonchev–Trinajstić information content (AvgIpc) is 2.48.